The van der Waals surface area contributed by atoms with Crippen molar-refractivity contribution in [3.8, 4) is 0 Å². The molecule has 0 aromatic heterocycles. The van der Waals surface area contributed by atoms with Crippen molar-refractivity contribution in [1.82, 2.24) is 4.90 Å². The summed E-state index contributed by atoms with van der Waals surface area (Å²) in [5.74, 6) is 1.21. The number of nitrogens with one attached hydrogen (secondary N) is 1. The SMILES string of the molecule is CCCCN(C)C(=O)C1CC[NH+](C[C@@H](C)c2ccccc2)CC1. The van der Waals surface area contributed by atoms with Crippen molar-refractivity contribution in [3.05, 3.63) is 35.9 Å². The van der Waals surface area contributed by atoms with Crippen LogP contribution in [-0.2, 0) is 4.79 Å². The Morgan fingerprint density at radius 1 is 1.26 bits per heavy atom. The molecule has 0 bridgehead atoms. The number of rotatable bonds is 7. The fourth-order valence-corrected chi connectivity index (χ4v) is 3.63. The minimum Gasteiger partial charge on any atom is -0.346 e. The van der Waals surface area contributed by atoms with Crippen molar-refractivity contribution < 1.29 is 9.69 Å². The molecule has 0 aliphatic carbocycles. The summed E-state index contributed by atoms with van der Waals surface area (Å²) in [5, 5.41) is 0. The lowest BCUT2D eigenvalue weighted by Crippen LogP contribution is -3.13. The van der Waals surface area contributed by atoms with Crippen LogP contribution in [0.4, 0.5) is 0 Å². The molecule has 3 nitrogen and oxygen atoms in total. The standard InChI is InChI=1S/C20H32N2O/c1-4-5-13-21(3)20(23)19-11-14-22(15-12-19)16-17(2)18-9-7-6-8-10-18/h6-10,17,19H,4-5,11-16H2,1-3H3/p+1/t17-/m1/s1. The molecule has 1 aromatic carbocycles. The number of carbonyl (C=O) groups is 1. The molecule has 2 rings (SSSR count). The maximum absolute atomic E-state index is 12.5. The highest BCUT2D eigenvalue weighted by Gasteiger charge is 2.29. The Labute approximate surface area is 141 Å². The van der Waals surface area contributed by atoms with Crippen LogP contribution in [0.25, 0.3) is 0 Å². The summed E-state index contributed by atoms with van der Waals surface area (Å²) in [4.78, 5) is 16.1. The molecule has 0 spiro atoms. The van der Waals surface area contributed by atoms with Crippen molar-refractivity contribution in [1.29, 1.82) is 0 Å². The highest BCUT2D eigenvalue weighted by molar-refractivity contribution is 5.78. The van der Waals surface area contributed by atoms with Crippen molar-refractivity contribution >= 4 is 5.91 Å². The summed E-state index contributed by atoms with van der Waals surface area (Å²) in [5.41, 5.74) is 1.43. The van der Waals surface area contributed by atoms with E-state index in [1.165, 1.54) is 12.1 Å². The second-order valence-corrected chi connectivity index (χ2v) is 7.15. The number of amides is 1. The second-order valence-electron chi connectivity index (χ2n) is 7.15. The van der Waals surface area contributed by atoms with Gasteiger partial charge in [-0.25, -0.2) is 0 Å². The van der Waals surface area contributed by atoms with E-state index in [4.69, 9.17) is 0 Å². The molecule has 128 valence electrons. The molecule has 1 N–H and O–H groups in total. The van der Waals surface area contributed by atoms with Gasteiger partial charge in [0.2, 0.25) is 5.91 Å². The molecule has 0 unspecified atom stereocenters. The molecule has 0 saturated carbocycles. The first-order valence-electron chi connectivity index (χ1n) is 9.25. The van der Waals surface area contributed by atoms with Crippen LogP contribution in [0.15, 0.2) is 30.3 Å². The second kappa shape index (κ2) is 9.07. The van der Waals surface area contributed by atoms with E-state index in [0.717, 1.165) is 45.3 Å². The quantitative estimate of drug-likeness (QED) is 0.820. The van der Waals surface area contributed by atoms with Gasteiger partial charge in [-0.15, -0.1) is 0 Å². The van der Waals surface area contributed by atoms with Crippen LogP contribution in [0.1, 0.15) is 51.0 Å². The number of unbranched alkanes of at least 4 members (excludes halogenated alkanes) is 1. The smallest absolute Gasteiger partial charge is 0.225 e. The normalized spacial score (nSPS) is 22.6. The lowest BCUT2D eigenvalue weighted by molar-refractivity contribution is -0.907. The molecular weight excluding hydrogens is 284 g/mol. The molecule has 1 fully saturated rings. The molecule has 23 heavy (non-hydrogen) atoms. The van der Waals surface area contributed by atoms with Crippen LogP contribution in [0.3, 0.4) is 0 Å². The zero-order valence-electron chi connectivity index (χ0n) is 15.1. The van der Waals surface area contributed by atoms with Gasteiger partial charge in [0, 0.05) is 38.3 Å². The van der Waals surface area contributed by atoms with Crippen molar-refractivity contribution in [3.63, 3.8) is 0 Å². The Balaban J connectivity index is 1.76. The Kier molecular flexibility index (Phi) is 7.10. The van der Waals surface area contributed by atoms with Crippen molar-refractivity contribution in [2.24, 2.45) is 5.92 Å². The Hall–Kier alpha value is -1.35. The van der Waals surface area contributed by atoms with Crippen LogP contribution >= 0.6 is 0 Å². The van der Waals surface area contributed by atoms with Gasteiger partial charge in [-0.1, -0.05) is 50.6 Å². The number of benzene rings is 1. The van der Waals surface area contributed by atoms with Gasteiger partial charge in [0.05, 0.1) is 19.6 Å². The molecule has 1 heterocycles. The number of nitrogens with zero attached hydrogens (tertiary/aromatic N) is 1. The average Bonchev–Trinajstić information content (AvgIpc) is 2.60. The Bertz CT molecular complexity index is 466. The van der Waals surface area contributed by atoms with E-state index in [-0.39, 0.29) is 5.92 Å². The molecule has 1 amide bonds. The van der Waals surface area contributed by atoms with Crippen LogP contribution in [0.2, 0.25) is 0 Å². The predicted octanol–water partition coefficient (Wildman–Crippen LogP) is 2.34. The third-order valence-electron chi connectivity index (χ3n) is 5.23. The lowest BCUT2D eigenvalue weighted by atomic mass is 9.93. The number of quaternary nitrogens is 1. The van der Waals surface area contributed by atoms with Crippen LogP contribution in [-0.4, -0.2) is 44.0 Å². The molecule has 3 heteroatoms. The zero-order valence-corrected chi connectivity index (χ0v) is 15.1. The largest absolute Gasteiger partial charge is 0.346 e. The average molecular weight is 317 g/mol. The summed E-state index contributed by atoms with van der Waals surface area (Å²) in [7, 11) is 1.97. The zero-order chi connectivity index (χ0) is 16.7. The van der Waals surface area contributed by atoms with Gasteiger partial charge >= 0.3 is 0 Å². The fourth-order valence-electron chi connectivity index (χ4n) is 3.63. The monoisotopic (exact) mass is 317 g/mol. The molecule has 1 atom stereocenters. The van der Waals surface area contributed by atoms with Crippen LogP contribution in [0.5, 0.6) is 0 Å². The van der Waals surface area contributed by atoms with E-state index in [0.29, 0.717) is 11.8 Å². The topological polar surface area (TPSA) is 24.8 Å². The van der Waals surface area contributed by atoms with E-state index < -0.39 is 0 Å². The van der Waals surface area contributed by atoms with Crippen molar-refractivity contribution in [2.45, 2.75) is 45.4 Å². The summed E-state index contributed by atoms with van der Waals surface area (Å²) < 4.78 is 0. The molecular formula is C20H33N2O+. The highest BCUT2D eigenvalue weighted by atomic mass is 16.2. The third kappa shape index (κ3) is 5.35. The number of carbonyl (C=O) groups excluding carboxylic acids is 1. The van der Waals surface area contributed by atoms with Gasteiger partial charge in [0.1, 0.15) is 0 Å². The number of likely N-dealkylation sites (tertiary alicyclic amines) is 1. The number of hydrogen-bond acceptors (Lipinski definition) is 1. The van der Waals surface area contributed by atoms with Gasteiger partial charge in [0.15, 0.2) is 0 Å². The summed E-state index contributed by atoms with van der Waals surface area (Å²) in [6, 6.07) is 10.8. The molecule has 0 radical (unpaired) electrons. The number of hydrogen-bond donors (Lipinski definition) is 1. The first-order valence-corrected chi connectivity index (χ1v) is 9.25. The minimum atomic E-state index is 0.257. The molecule has 1 aliphatic heterocycles. The van der Waals surface area contributed by atoms with Gasteiger partial charge in [-0.05, 0) is 12.0 Å². The highest BCUT2D eigenvalue weighted by Crippen LogP contribution is 2.15. The van der Waals surface area contributed by atoms with E-state index in [1.807, 2.05) is 11.9 Å². The third-order valence-corrected chi connectivity index (χ3v) is 5.23. The van der Waals surface area contributed by atoms with Crippen LogP contribution < -0.4 is 4.90 Å². The first-order chi connectivity index (χ1) is 11.1. The van der Waals surface area contributed by atoms with E-state index >= 15 is 0 Å². The van der Waals surface area contributed by atoms with Crippen molar-refractivity contribution in [2.75, 3.05) is 33.2 Å². The lowest BCUT2D eigenvalue weighted by Gasteiger charge is -2.32. The predicted molar refractivity (Wildman–Crippen MR) is 95.7 cm³/mol. The number of piperidine rings is 1. The fraction of sp³-hybridized carbons (Fsp3) is 0.650. The minimum absolute atomic E-state index is 0.257. The maximum atomic E-state index is 12.5. The Morgan fingerprint density at radius 3 is 2.52 bits per heavy atom. The van der Waals surface area contributed by atoms with Gasteiger partial charge in [-0.2, -0.15) is 0 Å². The van der Waals surface area contributed by atoms with Gasteiger partial charge < -0.3 is 9.80 Å². The van der Waals surface area contributed by atoms with Gasteiger partial charge in [-0.3, -0.25) is 4.79 Å². The molecule has 1 aliphatic rings. The van der Waals surface area contributed by atoms with Gasteiger partial charge in [0.25, 0.3) is 0 Å². The summed E-state index contributed by atoms with van der Waals surface area (Å²) >= 11 is 0. The van der Waals surface area contributed by atoms with Crippen LogP contribution in [0, 0.1) is 5.92 Å². The summed E-state index contributed by atoms with van der Waals surface area (Å²) in [6.45, 7) is 8.85. The molecule has 1 saturated heterocycles. The molecule has 1 aromatic rings. The van der Waals surface area contributed by atoms with E-state index in [9.17, 15) is 4.79 Å². The maximum Gasteiger partial charge on any atom is 0.225 e. The summed E-state index contributed by atoms with van der Waals surface area (Å²) in [6.07, 6.45) is 4.36. The van der Waals surface area contributed by atoms with E-state index in [1.54, 1.807) is 4.90 Å². The Morgan fingerprint density at radius 2 is 1.91 bits per heavy atom. The first kappa shape index (κ1) is 18.0. The van der Waals surface area contributed by atoms with E-state index in [2.05, 4.69) is 44.2 Å².